The molecule has 0 aliphatic rings. The van der Waals surface area contributed by atoms with Crippen molar-refractivity contribution < 1.29 is 9.84 Å². The number of ether oxygens (including phenoxy) is 1. The average Bonchev–Trinajstić information content (AvgIpc) is 2.48. The minimum atomic E-state index is -0.443. The molecule has 1 N–H and O–H groups in total. The monoisotopic (exact) mass is 198 g/mol. The highest BCUT2D eigenvalue weighted by molar-refractivity contribution is 5.04. The van der Waals surface area contributed by atoms with E-state index in [0.717, 1.165) is 5.56 Å². The zero-order chi connectivity index (χ0) is 10.6. The third-order valence-electron chi connectivity index (χ3n) is 1.85. The second-order valence-corrected chi connectivity index (χ2v) is 3.76. The highest BCUT2D eigenvalue weighted by Crippen LogP contribution is 2.02. The van der Waals surface area contributed by atoms with Crippen LogP contribution in [0, 0.1) is 0 Å². The number of aryl methyl sites for hydroxylation is 1. The summed E-state index contributed by atoms with van der Waals surface area (Å²) in [6.45, 7) is 4.29. The Hall–Kier alpha value is -0.870. The van der Waals surface area contributed by atoms with Crippen molar-refractivity contribution in [1.82, 2.24) is 9.78 Å². The maximum atomic E-state index is 9.60. The van der Waals surface area contributed by atoms with Crippen molar-refractivity contribution in [3.63, 3.8) is 0 Å². The fourth-order valence-electron chi connectivity index (χ4n) is 1.21. The number of rotatable bonds is 5. The number of aliphatic hydroxyl groups is 1. The van der Waals surface area contributed by atoms with Crippen molar-refractivity contribution >= 4 is 0 Å². The van der Waals surface area contributed by atoms with Gasteiger partial charge in [-0.2, -0.15) is 5.10 Å². The molecule has 1 aromatic rings. The summed E-state index contributed by atoms with van der Waals surface area (Å²) in [6.07, 6.45) is 3.98. The lowest BCUT2D eigenvalue weighted by molar-refractivity contribution is 0.00621. The normalized spacial score (nSPS) is 13.5. The van der Waals surface area contributed by atoms with E-state index in [1.54, 1.807) is 10.9 Å². The second-order valence-electron chi connectivity index (χ2n) is 3.76. The van der Waals surface area contributed by atoms with Crippen molar-refractivity contribution in [3.8, 4) is 0 Å². The largest absolute Gasteiger partial charge is 0.390 e. The summed E-state index contributed by atoms with van der Waals surface area (Å²) < 4.78 is 7.03. The number of hydrogen-bond donors (Lipinski definition) is 1. The molecular weight excluding hydrogens is 180 g/mol. The maximum absolute atomic E-state index is 9.60. The maximum Gasteiger partial charge on any atom is 0.0815 e. The van der Waals surface area contributed by atoms with Gasteiger partial charge in [-0.15, -0.1) is 0 Å². The molecule has 4 nitrogen and oxygen atoms in total. The van der Waals surface area contributed by atoms with Gasteiger partial charge in [-0.1, -0.05) is 0 Å². The van der Waals surface area contributed by atoms with Crippen LogP contribution in [0.25, 0.3) is 0 Å². The first-order valence-corrected chi connectivity index (χ1v) is 4.85. The molecule has 0 saturated carbocycles. The van der Waals surface area contributed by atoms with Crippen LogP contribution in [-0.2, 0) is 18.2 Å². The number of aromatic nitrogens is 2. The third-order valence-corrected chi connectivity index (χ3v) is 1.85. The SMILES string of the molecule is CC(C)OCC(O)Cc1cnn(C)c1. The van der Waals surface area contributed by atoms with Gasteiger partial charge < -0.3 is 9.84 Å². The van der Waals surface area contributed by atoms with E-state index in [9.17, 15) is 5.11 Å². The van der Waals surface area contributed by atoms with Gasteiger partial charge in [0.1, 0.15) is 0 Å². The Labute approximate surface area is 84.5 Å². The highest BCUT2D eigenvalue weighted by atomic mass is 16.5. The van der Waals surface area contributed by atoms with E-state index in [1.165, 1.54) is 0 Å². The van der Waals surface area contributed by atoms with Crippen LogP contribution in [-0.4, -0.2) is 33.7 Å². The van der Waals surface area contributed by atoms with Crippen molar-refractivity contribution in [3.05, 3.63) is 18.0 Å². The first-order valence-electron chi connectivity index (χ1n) is 4.85. The summed E-state index contributed by atoms with van der Waals surface area (Å²) in [7, 11) is 1.86. The quantitative estimate of drug-likeness (QED) is 0.759. The Morgan fingerprint density at radius 2 is 2.29 bits per heavy atom. The molecule has 0 bridgehead atoms. The smallest absolute Gasteiger partial charge is 0.0815 e. The first kappa shape index (κ1) is 11.2. The van der Waals surface area contributed by atoms with Crippen LogP contribution in [0.2, 0.25) is 0 Å². The number of hydrogen-bond acceptors (Lipinski definition) is 3. The van der Waals surface area contributed by atoms with Gasteiger partial charge in [-0.05, 0) is 19.4 Å². The van der Waals surface area contributed by atoms with Gasteiger partial charge in [-0.25, -0.2) is 0 Å². The topological polar surface area (TPSA) is 47.3 Å². The molecule has 1 aromatic heterocycles. The zero-order valence-corrected chi connectivity index (χ0v) is 8.97. The van der Waals surface area contributed by atoms with Crippen LogP contribution in [0.4, 0.5) is 0 Å². The fraction of sp³-hybridized carbons (Fsp3) is 0.700. The minimum absolute atomic E-state index is 0.165. The van der Waals surface area contributed by atoms with Gasteiger partial charge >= 0.3 is 0 Å². The molecule has 0 radical (unpaired) electrons. The summed E-state index contributed by atoms with van der Waals surface area (Å²) in [5.41, 5.74) is 1.03. The number of aliphatic hydroxyl groups excluding tert-OH is 1. The molecular formula is C10H18N2O2. The summed E-state index contributed by atoms with van der Waals surface area (Å²) in [4.78, 5) is 0. The molecule has 0 aromatic carbocycles. The average molecular weight is 198 g/mol. The van der Waals surface area contributed by atoms with Crippen LogP contribution in [0.3, 0.4) is 0 Å². The van der Waals surface area contributed by atoms with Gasteiger partial charge in [0.2, 0.25) is 0 Å². The van der Waals surface area contributed by atoms with Crippen molar-refractivity contribution in [2.75, 3.05) is 6.61 Å². The van der Waals surface area contributed by atoms with Gasteiger partial charge in [0.05, 0.1) is 25.0 Å². The van der Waals surface area contributed by atoms with E-state index < -0.39 is 6.10 Å². The van der Waals surface area contributed by atoms with E-state index in [1.807, 2.05) is 27.1 Å². The molecule has 0 aliphatic heterocycles. The molecule has 80 valence electrons. The van der Waals surface area contributed by atoms with E-state index in [-0.39, 0.29) is 6.10 Å². The molecule has 1 rings (SSSR count). The Kier molecular flexibility index (Phi) is 4.10. The highest BCUT2D eigenvalue weighted by Gasteiger charge is 2.07. The molecule has 1 atom stereocenters. The van der Waals surface area contributed by atoms with Crippen LogP contribution < -0.4 is 0 Å². The Balaban J connectivity index is 2.30. The third kappa shape index (κ3) is 3.89. The molecule has 0 saturated heterocycles. The predicted octanol–water partition coefficient (Wildman–Crippen LogP) is 0.748. The van der Waals surface area contributed by atoms with Gasteiger partial charge in [0.15, 0.2) is 0 Å². The second kappa shape index (κ2) is 5.12. The van der Waals surface area contributed by atoms with Crippen LogP contribution in [0.1, 0.15) is 19.4 Å². The van der Waals surface area contributed by atoms with Crippen LogP contribution in [0.5, 0.6) is 0 Å². The molecule has 4 heteroatoms. The summed E-state index contributed by atoms with van der Waals surface area (Å²) in [5, 5.41) is 13.6. The molecule has 0 spiro atoms. The molecule has 0 aliphatic carbocycles. The molecule has 0 fully saturated rings. The van der Waals surface area contributed by atoms with Gasteiger partial charge in [0.25, 0.3) is 0 Å². The number of nitrogens with zero attached hydrogens (tertiary/aromatic N) is 2. The lowest BCUT2D eigenvalue weighted by Gasteiger charge is -2.12. The first-order chi connectivity index (χ1) is 6.58. The molecule has 0 amide bonds. The standard InChI is InChI=1S/C10H18N2O2/c1-8(2)14-7-10(13)4-9-5-11-12(3)6-9/h5-6,8,10,13H,4,7H2,1-3H3. The van der Waals surface area contributed by atoms with Gasteiger partial charge in [0, 0.05) is 19.7 Å². The molecule has 1 unspecified atom stereocenters. The van der Waals surface area contributed by atoms with Crippen molar-refractivity contribution in [2.24, 2.45) is 7.05 Å². The van der Waals surface area contributed by atoms with E-state index in [0.29, 0.717) is 13.0 Å². The lowest BCUT2D eigenvalue weighted by Crippen LogP contribution is -2.20. The Morgan fingerprint density at radius 1 is 1.57 bits per heavy atom. The van der Waals surface area contributed by atoms with Crippen molar-refractivity contribution in [2.45, 2.75) is 32.5 Å². The summed E-state index contributed by atoms with van der Waals surface area (Å²) >= 11 is 0. The Bertz CT molecular complexity index is 271. The van der Waals surface area contributed by atoms with Crippen LogP contribution >= 0.6 is 0 Å². The predicted molar refractivity (Wildman–Crippen MR) is 54.0 cm³/mol. The van der Waals surface area contributed by atoms with Crippen LogP contribution in [0.15, 0.2) is 12.4 Å². The van der Waals surface area contributed by atoms with Gasteiger partial charge in [-0.3, -0.25) is 4.68 Å². The summed E-state index contributed by atoms with van der Waals surface area (Å²) in [6, 6.07) is 0. The van der Waals surface area contributed by atoms with E-state index >= 15 is 0 Å². The van der Waals surface area contributed by atoms with Crippen molar-refractivity contribution in [1.29, 1.82) is 0 Å². The molecule has 14 heavy (non-hydrogen) atoms. The fourth-order valence-corrected chi connectivity index (χ4v) is 1.21. The van der Waals surface area contributed by atoms with E-state index in [4.69, 9.17) is 4.74 Å². The molecule has 1 heterocycles. The zero-order valence-electron chi connectivity index (χ0n) is 8.97. The van der Waals surface area contributed by atoms with E-state index in [2.05, 4.69) is 5.10 Å². The summed E-state index contributed by atoms with van der Waals surface area (Å²) in [5.74, 6) is 0. The Morgan fingerprint density at radius 3 is 2.79 bits per heavy atom. The minimum Gasteiger partial charge on any atom is -0.390 e. The lowest BCUT2D eigenvalue weighted by atomic mass is 10.2.